The summed E-state index contributed by atoms with van der Waals surface area (Å²) in [6, 6.07) is 6.41. The number of nitriles is 1. The zero-order chi connectivity index (χ0) is 18.1. The average Bonchev–Trinajstić information content (AvgIpc) is 2.60. The van der Waals surface area contributed by atoms with Crippen molar-refractivity contribution in [1.29, 1.82) is 5.26 Å². The van der Waals surface area contributed by atoms with Crippen molar-refractivity contribution >= 4 is 22.5 Å². The summed E-state index contributed by atoms with van der Waals surface area (Å²) in [5, 5.41) is 20.0. The van der Waals surface area contributed by atoms with Gasteiger partial charge in [0.15, 0.2) is 0 Å². The Morgan fingerprint density at radius 1 is 1.28 bits per heavy atom. The van der Waals surface area contributed by atoms with Crippen LogP contribution in [0.2, 0.25) is 0 Å². The quantitative estimate of drug-likeness (QED) is 0.902. The van der Waals surface area contributed by atoms with Gasteiger partial charge in [0.25, 0.3) is 5.91 Å². The maximum Gasteiger partial charge on any atom is 0.251 e. The van der Waals surface area contributed by atoms with Gasteiger partial charge in [0, 0.05) is 37.8 Å². The van der Waals surface area contributed by atoms with Crippen LogP contribution in [0.15, 0.2) is 18.3 Å². The van der Waals surface area contributed by atoms with Gasteiger partial charge in [0.05, 0.1) is 16.8 Å². The lowest BCUT2D eigenvalue weighted by Gasteiger charge is -2.37. The lowest BCUT2D eigenvalue weighted by molar-refractivity contribution is -0.139. The number of aryl methyl sites for hydroxylation is 2. The summed E-state index contributed by atoms with van der Waals surface area (Å²) in [7, 11) is 0. The summed E-state index contributed by atoms with van der Waals surface area (Å²) < 4.78 is 0. The van der Waals surface area contributed by atoms with E-state index in [9.17, 15) is 15.2 Å². The predicted molar refractivity (Wildman–Crippen MR) is 96.4 cm³/mol. The first kappa shape index (κ1) is 17.2. The van der Waals surface area contributed by atoms with E-state index in [0.717, 1.165) is 27.7 Å². The molecule has 1 aliphatic rings. The van der Waals surface area contributed by atoms with Gasteiger partial charge in [-0.15, -0.1) is 0 Å². The summed E-state index contributed by atoms with van der Waals surface area (Å²) >= 11 is 0. The summed E-state index contributed by atoms with van der Waals surface area (Å²) in [6.45, 7) is 7.86. The van der Waals surface area contributed by atoms with Gasteiger partial charge in [-0.25, -0.2) is 0 Å². The fraction of sp³-hybridized carbons (Fsp3) is 0.421. The second kappa shape index (κ2) is 6.69. The third-order valence-electron chi connectivity index (χ3n) is 4.66. The number of aliphatic hydroxyl groups is 1. The number of carbonyl (C=O) groups excluding carboxylic acids is 1. The number of fused-ring (bicyclic) bond motifs is 1. The van der Waals surface area contributed by atoms with Gasteiger partial charge >= 0.3 is 0 Å². The first-order valence-electron chi connectivity index (χ1n) is 8.44. The van der Waals surface area contributed by atoms with Crippen molar-refractivity contribution < 1.29 is 9.90 Å². The molecule has 1 N–H and O–H groups in total. The van der Waals surface area contributed by atoms with E-state index in [0.29, 0.717) is 31.7 Å². The Morgan fingerprint density at radius 2 is 1.96 bits per heavy atom. The summed E-state index contributed by atoms with van der Waals surface area (Å²) in [6.07, 6.45) is 0.654. The van der Waals surface area contributed by atoms with Crippen LogP contribution in [0.25, 0.3) is 10.9 Å². The van der Waals surface area contributed by atoms with E-state index in [1.165, 1.54) is 6.92 Å². The first-order valence-corrected chi connectivity index (χ1v) is 8.44. The molecule has 2 aromatic rings. The van der Waals surface area contributed by atoms with Gasteiger partial charge in [-0.3, -0.25) is 9.78 Å². The molecule has 6 nitrogen and oxygen atoms in total. The van der Waals surface area contributed by atoms with Gasteiger partial charge in [0.2, 0.25) is 0 Å². The highest BCUT2D eigenvalue weighted by Crippen LogP contribution is 2.32. The highest BCUT2D eigenvalue weighted by molar-refractivity contribution is 5.96. The number of aliphatic hydroxyl groups excluding tert-OH is 1. The third kappa shape index (κ3) is 3.15. The van der Waals surface area contributed by atoms with Gasteiger partial charge in [-0.2, -0.15) is 5.26 Å². The van der Waals surface area contributed by atoms with E-state index in [4.69, 9.17) is 0 Å². The van der Waals surface area contributed by atoms with Crippen LogP contribution >= 0.6 is 0 Å². The third-order valence-corrected chi connectivity index (χ3v) is 4.66. The van der Waals surface area contributed by atoms with Crippen LogP contribution in [0, 0.1) is 25.2 Å². The number of pyridine rings is 1. The van der Waals surface area contributed by atoms with E-state index in [1.807, 2.05) is 13.8 Å². The minimum absolute atomic E-state index is 0.244. The molecule has 0 bridgehead atoms. The monoisotopic (exact) mass is 338 g/mol. The molecule has 3 rings (SSSR count). The van der Waals surface area contributed by atoms with E-state index in [-0.39, 0.29) is 5.91 Å². The number of hydrogen-bond acceptors (Lipinski definition) is 5. The van der Waals surface area contributed by atoms with Gasteiger partial charge in [0.1, 0.15) is 12.2 Å². The molecule has 2 heterocycles. The van der Waals surface area contributed by atoms with Crippen LogP contribution in [0.4, 0.5) is 5.69 Å². The minimum Gasteiger partial charge on any atom is -0.384 e. The highest BCUT2D eigenvalue weighted by atomic mass is 16.3. The molecule has 25 heavy (non-hydrogen) atoms. The zero-order valence-corrected chi connectivity index (χ0v) is 14.8. The minimum atomic E-state index is -0.978. The van der Waals surface area contributed by atoms with Crippen LogP contribution in [0.5, 0.6) is 0 Å². The molecule has 1 amide bonds. The molecule has 0 spiro atoms. The Morgan fingerprint density at radius 3 is 2.56 bits per heavy atom. The number of nitrogens with zero attached hydrogens (tertiary/aromatic N) is 4. The van der Waals surface area contributed by atoms with Crippen LogP contribution < -0.4 is 4.90 Å². The largest absolute Gasteiger partial charge is 0.384 e. The second-order valence-corrected chi connectivity index (χ2v) is 6.60. The van der Waals surface area contributed by atoms with Gasteiger partial charge in [-0.05, 0) is 32.4 Å². The van der Waals surface area contributed by atoms with Crippen LogP contribution in [-0.2, 0) is 4.79 Å². The van der Waals surface area contributed by atoms with Crippen molar-refractivity contribution in [2.45, 2.75) is 26.9 Å². The first-order chi connectivity index (χ1) is 11.9. The molecule has 6 heteroatoms. The Hall–Kier alpha value is -2.65. The molecule has 1 aromatic carbocycles. The smallest absolute Gasteiger partial charge is 0.251 e. The molecule has 1 fully saturated rings. The molecule has 0 radical (unpaired) electrons. The predicted octanol–water partition coefficient (Wildman–Crippen LogP) is 1.75. The van der Waals surface area contributed by atoms with Crippen LogP contribution in [-0.4, -0.2) is 53.2 Å². The number of piperazine rings is 1. The van der Waals surface area contributed by atoms with Crippen LogP contribution in [0.1, 0.15) is 23.6 Å². The standard InChI is InChI=1S/C19H22N4O2/c1-12-8-13(2)17-16(9-12)18(15(10-20)11-21-17)22-4-6-23(7-5-22)19(25)14(3)24/h8-9,11,14,24H,4-7H2,1-3H3. The Kier molecular flexibility index (Phi) is 4.60. The molecule has 0 aliphatic carbocycles. The molecule has 1 aliphatic heterocycles. The lowest BCUT2D eigenvalue weighted by Crippen LogP contribution is -2.51. The Bertz CT molecular complexity index is 862. The number of benzene rings is 1. The number of hydrogen-bond donors (Lipinski definition) is 1. The van der Waals surface area contributed by atoms with Crippen molar-refractivity contribution in [3.05, 3.63) is 35.0 Å². The van der Waals surface area contributed by atoms with Crippen molar-refractivity contribution in [3.63, 3.8) is 0 Å². The van der Waals surface area contributed by atoms with Crippen molar-refractivity contribution in [2.75, 3.05) is 31.1 Å². The van der Waals surface area contributed by atoms with E-state index in [1.54, 1.807) is 11.1 Å². The van der Waals surface area contributed by atoms with Crippen LogP contribution in [0.3, 0.4) is 0 Å². The number of aromatic nitrogens is 1. The molecule has 0 saturated carbocycles. The topological polar surface area (TPSA) is 80.5 Å². The SMILES string of the molecule is Cc1cc(C)c2ncc(C#N)c(N3CCN(C(=O)C(C)O)CC3)c2c1. The number of amides is 1. The Labute approximate surface area is 147 Å². The van der Waals surface area contributed by atoms with E-state index >= 15 is 0 Å². The second-order valence-electron chi connectivity index (χ2n) is 6.60. The normalized spacial score (nSPS) is 16.0. The lowest BCUT2D eigenvalue weighted by atomic mass is 10.0. The van der Waals surface area contributed by atoms with Crippen molar-refractivity contribution in [2.24, 2.45) is 0 Å². The maximum absolute atomic E-state index is 12.0. The molecular weight excluding hydrogens is 316 g/mol. The number of anilines is 1. The molecular formula is C19H22N4O2. The fourth-order valence-electron chi connectivity index (χ4n) is 3.48. The molecule has 1 atom stereocenters. The van der Waals surface area contributed by atoms with Gasteiger partial charge in [-0.1, -0.05) is 11.6 Å². The Balaban J connectivity index is 1.99. The zero-order valence-electron chi connectivity index (χ0n) is 14.8. The highest BCUT2D eigenvalue weighted by Gasteiger charge is 2.26. The molecule has 130 valence electrons. The van der Waals surface area contributed by atoms with E-state index < -0.39 is 6.10 Å². The fourth-order valence-corrected chi connectivity index (χ4v) is 3.48. The van der Waals surface area contributed by atoms with E-state index in [2.05, 4.69) is 28.1 Å². The molecule has 1 saturated heterocycles. The summed E-state index contributed by atoms with van der Waals surface area (Å²) in [4.78, 5) is 20.2. The van der Waals surface area contributed by atoms with Gasteiger partial charge < -0.3 is 14.9 Å². The summed E-state index contributed by atoms with van der Waals surface area (Å²) in [5.74, 6) is -0.244. The number of carbonyl (C=O) groups is 1. The van der Waals surface area contributed by atoms with Crippen molar-refractivity contribution in [3.8, 4) is 6.07 Å². The van der Waals surface area contributed by atoms with Crippen molar-refractivity contribution in [1.82, 2.24) is 9.88 Å². The summed E-state index contributed by atoms with van der Waals surface area (Å²) in [5.41, 5.74) is 4.56. The molecule has 1 aromatic heterocycles. The maximum atomic E-state index is 12.0. The average molecular weight is 338 g/mol. The molecule has 1 unspecified atom stereocenters. The number of rotatable bonds is 2.